The van der Waals surface area contributed by atoms with Gasteiger partial charge in [0.1, 0.15) is 26.4 Å². The second kappa shape index (κ2) is 26.9. The number of methoxy groups -OCH3 is 1. The standard InChI is InChI=1S/C44H80N4O10S2/c1-32(2)43(11,12)59-30-33(3)39(51)56-26-24-54-37(49)16-20-47(28-36-29-48(46-45-36)22-19-42(9,10)58-23-18-35(5)53-15)21-17-38(50)55-25-27-57-40(52)34(4)31-60-44(13,14)41(6,7)8/h29,32-35H,16-28,30-31H2,1-15H3. The van der Waals surface area contributed by atoms with E-state index in [9.17, 15) is 19.2 Å². The molecule has 1 aromatic heterocycles. The lowest BCUT2D eigenvalue weighted by molar-refractivity contribution is -0.154. The third-order valence-corrected chi connectivity index (χ3v) is 15.1. The molecule has 0 saturated heterocycles. The lowest BCUT2D eigenvalue weighted by Gasteiger charge is -2.38. The zero-order valence-corrected chi connectivity index (χ0v) is 41.3. The maximum absolute atomic E-state index is 12.8. The van der Waals surface area contributed by atoms with E-state index in [0.29, 0.717) is 49.2 Å². The van der Waals surface area contributed by atoms with Crippen LogP contribution in [0.2, 0.25) is 0 Å². The molecule has 3 atom stereocenters. The van der Waals surface area contributed by atoms with Crippen LogP contribution in [0, 0.1) is 23.2 Å². The number of aromatic nitrogens is 3. The van der Waals surface area contributed by atoms with Crippen LogP contribution in [0.15, 0.2) is 6.20 Å². The predicted octanol–water partition coefficient (Wildman–Crippen LogP) is 7.64. The van der Waals surface area contributed by atoms with Gasteiger partial charge in [-0.25, -0.2) is 0 Å². The van der Waals surface area contributed by atoms with E-state index in [-0.39, 0.29) is 103 Å². The monoisotopic (exact) mass is 889 g/mol. The molecular weight excluding hydrogens is 809 g/mol. The van der Waals surface area contributed by atoms with Crippen LogP contribution in [0.1, 0.15) is 128 Å². The van der Waals surface area contributed by atoms with Gasteiger partial charge in [-0.15, -0.1) is 5.10 Å². The van der Waals surface area contributed by atoms with Crippen molar-refractivity contribution in [3.63, 3.8) is 0 Å². The summed E-state index contributed by atoms with van der Waals surface area (Å²) in [5, 5.41) is 8.64. The van der Waals surface area contributed by atoms with Gasteiger partial charge < -0.3 is 28.4 Å². The van der Waals surface area contributed by atoms with Crippen molar-refractivity contribution in [2.75, 3.05) is 64.7 Å². The highest BCUT2D eigenvalue weighted by Crippen LogP contribution is 2.42. The van der Waals surface area contributed by atoms with Crippen molar-refractivity contribution in [1.29, 1.82) is 0 Å². The molecule has 3 unspecified atom stereocenters. The maximum Gasteiger partial charge on any atom is 0.309 e. The molecule has 0 aliphatic rings. The van der Waals surface area contributed by atoms with E-state index in [0.717, 1.165) is 6.42 Å². The minimum absolute atomic E-state index is 0.0171. The Kier molecular flexibility index (Phi) is 25.0. The Morgan fingerprint density at radius 3 is 1.72 bits per heavy atom. The summed E-state index contributed by atoms with van der Waals surface area (Å²) < 4.78 is 34.7. The first-order valence-corrected chi connectivity index (χ1v) is 23.5. The first-order chi connectivity index (χ1) is 27.8. The Balaban J connectivity index is 2.71. The Morgan fingerprint density at radius 2 is 1.23 bits per heavy atom. The molecular formula is C44H80N4O10S2. The number of aryl methyl sites for hydroxylation is 1. The van der Waals surface area contributed by atoms with Gasteiger partial charge >= 0.3 is 23.9 Å². The first kappa shape index (κ1) is 55.6. The normalized spacial score (nSPS) is 14.2. The molecule has 14 nitrogen and oxygen atoms in total. The van der Waals surface area contributed by atoms with Crippen molar-refractivity contribution in [3.05, 3.63) is 11.9 Å². The number of nitrogens with zero attached hydrogens (tertiary/aromatic N) is 4. The van der Waals surface area contributed by atoms with Crippen LogP contribution in [0.5, 0.6) is 0 Å². The molecule has 0 amide bonds. The number of hydrogen-bond acceptors (Lipinski definition) is 15. The summed E-state index contributed by atoms with van der Waals surface area (Å²) in [6.07, 6.45) is 3.57. The van der Waals surface area contributed by atoms with Crippen LogP contribution < -0.4 is 0 Å². The first-order valence-electron chi connectivity index (χ1n) is 21.5. The number of carbonyl (C=O) groups excluding carboxylic acids is 4. The Bertz CT molecular complexity index is 1430. The van der Waals surface area contributed by atoms with Gasteiger partial charge in [-0.2, -0.15) is 23.5 Å². The Labute approximate surface area is 370 Å². The minimum Gasteiger partial charge on any atom is -0.462 e. The topological polar surface area (TPSA) is 158 Å². The third-order valence-electron chi connectivity index (χ3n) is 11.2. The van der Waals surface area contributed by atoms with Gasteiger partial charge in [0.2, 0.25) is 0 Å². The maximum atomic E-state index is 12.8. The van der Waals surface area contributed by atoms with Crippen molar-refractivity contribution in [1.82, 2.24) is 19.9 Å². The van der Waals surface area contributed by atoms with Gasteiger partial charge in [0, 0.05) is 67.1 Å². The zero-order chi connectivity index (χ0) is 45.7. The fourth-order valence-electron chi connectivity index (χ4n) is 4.81. The van der Waals surface area contributed by atoms with Crippen LogP contribution >= 0.6 is 23.5 Å². The summed E-state index contributed by atoms with van der Waals surface area (Å²) in [6, 6.07) is 0. The van der Waals surface area contributed by atoms with E-state index in [4.69, 9.17) is 28.4 Å². The largest absolute Gasteiger partial charge is 0.462 e. The van der Waals surface area contributed by atoms with E-state index in [1.54, 1.807) is 35.3 Å². The average Bonchev–Trinajstić information content (AvgIpc) is 3.62. The molecule has 0 fully saturated rings. The molecule has 60 heavy (non-hydrogen) atoms. The van der Waals surface area contributed by atoms with Gasteiger partial charge in [0.05, 0.1) is 42.1 Å². The average molecular weight is 889 g/mol. The molecule has 0 aliphatic heterocycles. The summed E-state index contributed by atoms with van der Waals surface area (Å²) in [5.74, 6) is -0.396. The number of hydrogen-bond donors (Lipinski definition) is 0. The van der Waals surface area contributed by atoms with Crippen LogP contribution in [-0.2, 0) is 60.7 Å². The van der Waals surface area contributed by atoms with Gasteiger partial charge in [-0.1, -0.05) is 81.4 Å². The van der Waals surface area contributed by atoms with E-state index < -0.39 is 11.9 Å². The van der Waals surface area contributed by atoms with Crippen LogP contribution in [-0.4, -0.2) is 130 Å². The van der Waals surface area contributed by atoms with Gasteiger partial charge in [0.15, 0.2) is 0 Å². The molecule has 0 radical (unpaired) electrons. The highest BCUT2D eigenvalue weighted by Gasteiger charge is 2.34. The van der Waals surface area contributed by atoms with Crippen molar-refractivity contribution < 1.29 is 47.6 Å². The molecule has 0 aliphatic carbocycles. The highest BCUT2D eigenvalue weighted by molar-refractivity contribution is 8.00. The second-order valence-electron chi connectivity index (χ2n) is 18.7. The van der Waals surface area contributed by atoms with E-state index >= 15 is 0 Å². The van der Waals surface area contributed by atoms with Crippen LogP contribution in [0.3, 0.4) is 0 Å². The zero-order valence-electron chi connectivity index (χ0n) is 39.7. The van der Waals surface area contributed by atoms with Gasteiger partial charge in [0.25, 0.3) is 0 Å². The second-order valence-corrected chi connectivity index (χ2v) is 22.0. The lowest BCUT2D eigenvalue weighted by atomic mass is 9.83. The van der Waals surface area contributed by atoms with Crippen LogP contribution in [0.25, 0.3) is 0 Å². The molecule has 1 heterocycles. The smallest absolute Gasteiger partial charge is 0.309 e. The molecule has 1 aromatic rings. The minimum atomic E-state index is -0.456. The fraction of sp³-hybridized carbons (Fsp3) is 0.864. The number of thioether (sulfide) groups is 2. The molecule has 1 rings (SSSR count). The molecule has 0 spiro atoms. The lowest BCUT2D eigenvalue weighted by Crippen LogP contribution is -2.34. The number of esters is 4. The number of ether oxygens (including phenoxy) is 6. The Hall–Kier alpha value is -2.40. The summed E-state index contributed by atoms with van der Waals surface area (Å²) in [6.45, 7) is 31.2. The van der Waals surface area contributed by atoms with Crippen molar-refractivity contribution in [3.8, 4) is 0 Å². The highest BCUT2D eigenvalue weighted by atomic mass is 32.2. The van der Waals surface area contributed by atoms with Gasteiger partial charge in [-0.05, 0) is 44.9 Å². The summed E-state index contributed by atoms with van der Waals surface area (Å²) in [4.78, 5) is 52.5. The summed E-state index contributed by atoms with van der Waals surface area (Å²) in [5.41, 5.74) is 0.376. The quantitative estimate of drug-likeness (QED) is 0.0407. The van der Waals surface area contributed by atoms with E-state index in [1.165, 1.54) is 0 Å². The fourth-order valence-corrected chi connectivity index (χ4v) is 7.19. The number of rotatable bonds is 31. The molecule has 0 aromatic carbocycles. The summed E-state index contributed by atoms with van der Waals surface area (Å²) in [7, 11) is 1.69. The predicted molar refractivity (Wildman–Crippen MR) is 240 cm³/mol. The Morgan fingerprint density at radius 1 is 0.733 bits per heavy atom. The van der Waals surface area contributed by atoms with E-state index in [1.807, 2.05) is 45.7 Å². The SMILES string of the molecule is COC(C)CCOC(C)(C)CCn1cc(CN(CCC(=O)OCCOC(=O)C(C)CSC(C)(C)C(C)C)CCC(=O)OCCOC(=O)C(C)CSC(C)(C)C(C)(C)C)nn1. The number of carbonyl (C=O) groups is 4. The third kappa shape index (κ3) is 23.2. The van der Waals surface area contributed by atoms with Crippen molar-refractivity contribution in [2.45, 2.75) is 157 Å². The molecule has 16 heteroatoms. The molecule has 0 saturated carbocycles. The molecule has 348 valence electrons. The summed E-state index contributed by atoms with van der Waals surface area (Å²) >= 11 is 3.49. The van der Waals surface area contributed by atoms with E-state index in [2.05, 4.69) is 72.6 Å². The molecule has 0 N–H and O–H groups in total. The van der Waals surface area contributed by atoms with Gasteiger partial charge in [-0.3, -0.25) is 28.8 Å². The van der Waals surface area contributed by atoms with Crippen LogP contribution in [0.4, 0.5) is 0 Å². The van der Waals surface area contributed by atoms with Crippen molar-refractivity contribution in [2.24, 2.45) is 23.2 Å². The molecule has 0 bridgehead atoms. The van der Waals surface area contributed by atoms with Crippen molar-refractivity contribution >= 4 is 47.4 Å².